The largest absolute Gasteiger partial charge is 0.370 e. The van der Waals surface area contributed by atoms with E-state index < -0.39 is 0 Å². The fraction of sp³-hybridized carbons (Fsp3) is 0.750. The van der Waals surface area contributed by atoms with Crippen LogP contribution in [0.15, 0.2) is 6.07 Å². The fourth-order valence-corrected chi connectivity index (χ4v) is 2.34. The number of methoxy groups -OCH3 is 2. The molecule has 1 aromatic rings. The second kappa shape index (κ2) is 5.51. The normalized spacial score (nSPS) is 19.2. The fourth-order valence-electron chi connectivity index (χ4n) is 2.34. The molecule has 0 fully saturated rings. The number of aryl methyl sites for hydroxylation is 1. The molecule has 2 rings (SSSR count). The molecule has 1 aliphatic rings. The standard InChI is InChI=1S/C12H21N3O2/c1-4-5-9-8-11-13-7-6-10(15(11)14-9)12(16-2)17-3/h8,10,12-13H,4-7H2,1-3H3. The van der Waals surface area contributed by atoms with Crippen molar-refractivity contribution in [2.75, 3.05) is 26.1 Å². The molecule has 17 heavy (non-hydrogen) atoms. The molecular formula is C12H21N3O2. The van der Waals surface area contributed by atoms with Gasteiger partial charge in [0.05, 0.1) is 5.69 Å². The first-order valence-electron chi connectivity index (χ1n) is 6.18. The Morgan fingerprint density at radius 2 is 2.29 bits per heavy atom. The zero-order valence-electron chi connectivity index (χ0n) is 10.8. The van der Waals surface area contributed by atoms with Crippen LogP contribution in [0.3, 0.4) is 0 Å². The van der Waals surface area contributed by atoms with Crippen LogP contribution in [0.4, 0.5) is 5.82 Å². The lowest BCUT2D eigenvalue weighted by molar-refractivity contribution is -0.135. The molecule has 0 spiro atoms. The van der Waals surface area contributed by atoms with E-state index in [0.29, 0.717) is 0 Å². The lowest BCUT2D eigenvalue weighted by atomic mass is 10.1. The maximum Gasteiger partial charge on any atom is 0.179 e. The Bertz CT molecular complexity index is 361. The molecule has 0 saturated heterocycles. The van der Waals surface area contributed by atoms with Crippen molar-refractivity contribution in [1.29, 1.82) is 0 Å². The number of anilines is 1. The first-order valence-corrected chi connectivity index (χ1v) is 6.18. The van der Waals surface area contributed by atoms with Crippen LogP contribution in [-0.4, -0.2) is 36.8 Å². The molecule has 0 saturated carbocycles. The molecule has 1 aliphatic heterocycles. The highest BCUT2D eigenvalue weighted by Crippen LogP contribution is 2.28. The predicted octanol–water partition coefficient (Wildman–Crippen LogP) is 1.81. The maximum absolute atomic E-state index is 5.35. The Labute approximate surface area is 102 Å². The minimum atomic E-state index is -0.231. The van der Waals surface area contributed by atoms with E-state index in [1.807, 2.05) is 4.68 Å². The van der Waals surface area contributed by atoms with Crippen molar-refractivity contribution in [3.63, 3.8) is 0 Å². The van der Waals surface area contributed by atoms with E-state index in [1.54, 1.807) is 14.2 Å². The summed E-state index contributed by atoms with van der Waals surface area (Å²) in [7, 11) is 3.35. The van der Waals surface area contributed by atoms with Crippen LogP contribution in [0.1, 0.15) is 31.5 Å². The molecule has 5 nitrogen and oxygen atoms in total. The third-order valence-corrected chi connectivity index (χ3v) is 3.13. The van der Waals surface area contributed by atoms with Crippen LogP contribution in [-0.2, 0) is 15.9 Å². The second-order valence-corrected chi connectivity index (χ2v) is 4.34. The smallest absolute Gasteiger partial charge is 0.179 e. The molecule has 0 radical (unpaired) electrons. The number of ether oxygens (including phenoxy) is 2. The Balaban J connectivity index is 2.23. The number of fused-ring (bicyclic) bond motifs is 1. The number of hydrogen-bond donors (Lipinski definition) is 1. The highest BCUT2D eigenvalue weighted by Gasteiger charge is 2.29. The lowest BCUT2D eigenvalue weighted by Gasteiger charge is -2.30. The minimum absolute atomic E-state index is 0.159. The monoisotopic (exact) mass is 239 g/mol. The van der Waals surface area contributed by atoms with Gasteiger partial charge in [0.2, 0.25) is 0 Å². The molecule has 1 unspecified atom stereocenters. The van der Waals surface area contributed by atoms with Crippen molar-refractivity contribution < 1.29 is 9.47 Å². The zero-order valence-corrected chi connectivity index (χ0v) is 10.8. The van der Waals surface area contributed by atoms with Gasteiger partial charge >= 0.3 is 0 Å². The van der Waals surface area contributed by atoms with Gasteiger partial charge in [0, 0.05) is 26.8 Å². The molecule has 0 aromatic carbocycles. The Morgan fingerprint density at radius 1 is 1.53 bits per heavy atom. The predicted molar refractivity (Wildman–Crippen MR) is 66.2 cm³/mol. The highest BCUT2D eigenvalue weighted by atomic mass is 16.7. The minimum Gasteiger partial charge on any atom is -0.370 e. The molecule has 5 heteroatoms. The Kier molecular flexibility index (Phi) is 4.02. The summed E-state index contributed by atoms with van der Waals surface area (Å²) in [6.07, 6.45) is 2.86. The van der Waals surface area contributed by atoms with Crippen molar-refractivity contribution >= 4 is 5.82 Å². The molecule has 0 amide bonds. The summed E-state index contributed by atoms with van der Waals surface area (Å²) in [5, 5.41) is 8.00. The van der Waals surface area contributed by atoms with E-state index in [2.05, 4.69) is 23.4 Å². The van der Waals surface area contributed by atoms with Crippen LogP contribution in [0.2, 0.25) is 0 Å². The molecule has 96 valence electrons. The summed E-state index contributed by atoms with van der Waals surface area (Å²) in [6, 6.07) is 2.28. The number of hydrogen-bond acceptors (Lipinski definition) is 4. The van der Waals surface area contributed by atoms with Gasteiger partial charge in [-0.15, -0.1) is 0 Å². The van der Waals surface area contributed by atoms with Crippen LogP contribution in [0.5, 0.6) is 0 Å². The van der Waals surface area contributed by atoms with E-state index in [1.165, 1.54) is 0 Å². The topological polar surface area (TPSA) is 48.3 Å². The molecule has 2 heterocycles. The zero-order chi connectivity index (χ0) is 12.3. The van der Waals surface area contributed by atoms with Gasteiger partial charge in [-0.3, -0.25) is 0 Å². The van der Waals surface area contributed by atoms with E-state index in [-0.39, 0.29) is 12.3 Å². The quantitative estimate of drug-likeness (QED) is 0.796. The summed E-state index contributed by atoms with van der Waals surface area (Å²) in [5.74, 6) is 1.07. The summed E-state index contributed by atoms with van der Waals surface area (Å²) in [5.41, 5.74) is 1.13. The van der Waals surface area contributed by atoms with Crippen LogP contribution >= 0.6 is 0 Å². The van der Waals surface area contributed by atoms with Crippen molar-refractivity contribution in [1.82, 2.24) is 9.78 Å². The molecule has 1 atom stereocenters. The SMILES string of the molecule is CCCc1cc2n(n1)C(C(OC)OC)CCN2. The van der Waals surface area contributed by atoms with E-state index >= 15 is 0 Å². The number of rotatable bonds is 5. The molecule has 0 bridgehead atoms. The van der Waals surface area contributed by atoms with E-state index in [4.69, 9.17) is 9.47 Å². The number of nitrogens with one attached hydrogen (secondary N) is 1. The first-order chi connectivity index (χ1) is 8.30. The van der Waals surface area contributed by atoms with Crippen molar-refractivity contribution in [2.45, 2.75) is 38.5 Å². The van der Waals surface area contributed by atoms with Crippen molar-refractivity contribution in [3.8, 4) is 0 Å². The van der Waals surface area contributed by atoms with Crippen LogP contribution < -0.4 is 5.32 Å². The van der Waals surface area contributed by atoms with Gasteiger partial charge in [0.25, 0.3) is 0 Å². The highest BCUT2D eigenvalue weighted by molar-refractivity contribution is 5.39. The van der Waals surface area contributed by atoms with Gasteiger partial charge in [-0.05, 0) is 12.8 Å². The summed E-state index contributed by atoms with van der Waals surface area (Å²) >= 11 is 0. The number of nitrogens with zero attached hydrogens (tertiary/aromatic N) is 2. The van der Waals surface area contributed by atoms with Crippen molar-refractivity contribution in [2.24, 2.45) is 0 Å². The van der Waals surface area contributed by atoms with E-state index in [0.717, 1.165) is 37.3 Å². The molecule has 1 aromatic heterocycles. The summed E-state index contributed by atoms with van der Waals surface area (Å²) in [6.45, 7) is 3.10. The Hall–Kier alpha value is -1.07. The molecule has 1 N–H and O–H groups in total. The lowest BCUT2D eigenvalue weighted by Crippen LogP contribution is -2.34. The van der Waals surface area contributed by atoms with Crippen molar-refractivity contribution in [3.05, 3.63) is 11.8 Å². The van der Waals surface area contributed by atoms with Gasteiger partial charge < -0.3 is 14.8 Å². The van der Waals surface area contributed by atoms with Gasteiger partial charge in [0.1, 0.15) is 11.9 Å². The maximum atomic E-state index is 5.35. The van der Waals surface area contributed by atoms with Gasteiger partial charge in [-0.25, -0.2) is 4.68 Å². The molecule has 0 aliphatic carbocycles. The van der Waals surface area contributed by atoms with Gasteiger partial charge in [-0.2, -0.15) is 5.10 Å². The number of aromatic nitrogens is 2. The first kappa shape index (κ1) is 12.4. The second-order valence-electron chi connectivity index (χ2n) is 4.34. The summed E-state index contributed by atoms with van der Waals surface area (Å²) in [4.78, 5) is 0. The molecular weight excluding hydrogens is 218 g/mol. The Morgan fingerprint density at radius 3 is 2.94 bits per heavy atom. The van der Waals surface area contributed by atoms with Crippen LogP contribution in [0, 0.1) is 0 Å². The summed E-state index contributed by atoms with van der Waals surface area (Å²) < 4.78 is 12.7. The van der Waals surface area contributed by atoms with E-state index in [9.17, 15) is 0 Å². The average molecular weight is 239 g/mol. The van der Waals surface area contributed by atoms with Gasteiger partial charge in [-0.1, -0.05) is 13.3 Å². The third kappa shape index (κ3) is 2.45. The average Bonchev–Trinajstić information content (AvgIpc) is 2.74. The third-order valence-electron chi connectivity index (χ3n) is 3.13. The van der Waals surface area contributed by atoms with Crippen LogP contribution in [0.25, 0.3) is 0 Å². The van der Waals surface area contributed by atoms with Gasteiger partial charge in [0.15, 0.2) is 6.29 Å².